The molecular formula is C11H15Cl2F3N2O2S. The second-order valence-electron chi connectivity index (χ2n) is 4.25. The van der Waals surface area contributed by atoms with E-state index in [-0.39, 0.29) is 24.0 Å². The van der Waals surface area contributed by atoms with Gasteiger partial charge in [-0.05, 0) is 25.1 Å². The summed E-state index contributed by atoms with van der Waals surface area (Å²) in [6.45, 7) is 1.57. The summed E-state index contributed by atoms with van der Waals surface area (Å²) >= 11 is 5.72. The molecule has 0 radical (unpaired) electrons. The van der Waals surface area contributed by atoms with Crippen LogP contribution in [0.5, 0.6) is 0 Å². The van der Waals surface area contributed by atoms with Crippen LogP contribution in [0.4, 0.5) is 13.2 Å². The highest BCUT2D eigenvalue weighted by Gasteiger charge is 2.34. The van der Waals surface area contributed by atoms with Gasteiger partial charge >= 0.3 is 6.18 Å². The van der Waals surface area contributed by atoms with Crippen molar-refractivity contribution in [2.75, 3.05) is 13.6 Å². The van der Waals surface area contributed by atoms with Gasteiger partial charge in [0.25, 0.3) is 0 Å². The van der Waals surface area contributed by atoms with Gasteiger partial charge in [0.15, 0.2) is 0 Å². The lowest BCUT2D eigenvalue weighted by Gasteiger charge is -2.24. The number of nitrogens with zero attached hydrogens (tertiary/aromatic N) is 1. The maximum Gasteiger partial charge on any atom is 0.416 e. The smallest absolute Gasteiger partial charge is 0.329 e. The molecule has 0 saturated carbocycles. The molecule has 0 aromatic heterocycles. The highest BCUT2D eigenvalue weighted by Crippen LogP contribution is 2.34. The maximum absolute atomic E-state index is 12.6. The van der Waals surface area contributed by atoms with Gasteiger partial charge in [-0.15, -0.1) is 12.4 Å². The molecule has 0 aliphatic rings. The predicted octanol–water partition coefficient (Wildman–Crippen LogP) is 2.75. The summed E-state index contributed by atoms with van der Waals surface area (Å²) in [4.78, 5) is -0.586. The van der Waals surface area contributed by atoms with Crippen molar-refractivity contribution < 1.29 is 21.6 Å². The van der Waals surface area contributed by atoms with Gasteiger partial charge in [-0.3, -0.25) is 0 Å². The summed E-state index contributed by atoms with van der Waals surface area (Å²) < 4.78 is 63.3. The monoisotopic (exact) mass is 366 g/mol. The van der Waals surface area contributed by atoms with Crippen LogP contribution in [0.2, 0.25) is 5.02 Å². The van der Waals surface area contributed by atoms with E-state index in [4.69, 9.17) is 17.3 Å². The van der Waals surface area contributed by atoms with E-state index in [2.05, 4.69) is 0 Å². The van der Waals surface area contributed by atoms with Crippen molar-refractivity contribution in [1.29, 1.82) is 0 Å². The SMILES string of the molecule is CC(CN)N(C)S(=O)(=O)c1cc(C(F)(F)F)ccc1Cl.Cl. The molecule has 4 nitrogen and oxygen atoms in total. The van der Waals surface area contributed by atoms with Crippen molar-refractivity contribution in [2.45, 2.75) is 24.0 Å². The lowest BCUT2D eigenvalue weighted by Crippen LogP contribution is -2.39. The van der Waals surface area contributed by atoms with E-state index < -0.39 is 32.7 Å². The van der Waals surface area contributed by atoms with Crippen LogP contribution in [0.15, 0.2) is 23.1 Å². The average molecular weight is 367 g/mol. The summed E-state index contributed by atoms with van der Waals surface area (Å²) in [7, 11) is -2.90. The Hall–Kier alpha value is -0.540. The molecule has 2 N–H and O–H groups in total. The number of rotatable bonds is 4. The number of hydrogen-bond donors (Lipinski definition) is 1. The molecule has 122 valence electrons. The first kappa shape index (κ1) is 20.5. The Morgan fingerprint density at radius 2 is 1.90 bits per heavy atom. The molecule has 21 heavy (non-hydrogen) atoms. The molecule has 1 aromatic carbocycles. The second kappa shape index (κ2) is 7.15. The Balaban J connectivity index is 0.00000400. The normalized spacial score (nSPS) is 13.9. The Morgan fingerprint density at radius 3 is 2.33 bits per heavy atom. The molecular weight excluding hydrogens is 352 g/mol. The first-order chi connectivity index (χ1) is 9.01. The zero-order valence-electron chi connectivity index (χ0n) is 11.2. The molecule has 0 saturated heterocycles. The van der Waals surface area contributed by atoms with Crippen molar-refractivity contribution in [3.8, 4) is 0 Å². The summed E-state index contributed by atoms with van der Waals surface area (Å²) in [6.07, 6.45) is -4.65. The fourth-order valence-electron chi connectivity index (χ4n) is 1.42. The molecule has 1 rings (SSSR count). The van der Waals surface area contributed by atoms with Crippen LogP contribution in [-0.4, -0.2) is 32.4 Å². The number of hydrogen-bond acceptors (Lipinski definition) is 3. The molecule has 10 heteroatoms. The van der Waals surface area contributed by atoms with E-state index in [9.17, 15) is 21.6 Å². The van der Waals surface area contributed by atoms with E-state index in [1.165, 1.54) is 7.05 Å². The average Bonchev–Trinajstić information content (AvgIpc) is 2.35. The van der Waals surface area contributed by atoms with Crippen LogP contribution < -0.4 is 5.73 Å². The molecule has 0 heterocycles. The van der Waals surface area contributed by atoms with Gasteiger partial charge in [0.1, 0.15) is 4.90 Å². The van der Waals surface area contributed by atoms with Crippen molar-refractivity contribution in [3.63, 3.8) is 0 Å². The standard InChI is InChI=1S/C11H14ClF3N2O2S.ClH/c1-7(6-16)17(2)20(18,19)10-5-8(11(13,14)15)3-4-9(10)12;/h3-5,7H,6,16H2,1-2H3;1H. The first-order valence-corrected chi connectivity index (χ1v) is 7.38. The summed E-state index contributed by atoms with van der Waals surface area (Å²) in [6, 6.07) is 1.61. The van der Waals surface area contributed by atoms with Crippen molar-refractivity contribution in [2.24, 2.45) is 5.73 Å². The fraction of sp³-hybridized carbons (Fsp3) is 0.455. The molecule has 1 aromatic rings. The van der Waals surface area contributed by atoms with Crippen LogP contribution in [-0.2, 0) is 16.2 Å². The van der Waals surface area contributed by atoms with Crippen LogP contribution >= 0.6 is 24.0 Å². The van der Waals surface area contributed by atoms with E-state index in [0.717, 1.165) is 16.4 Å². The molecule has 0 bridgehead atoms. The zero-order valence-corrected chi connectivity index (χ0v) is 13.6. The summed E-state index contributed by atoms with van der Waals surface area (Å²) in [5.74, 6) is 0. The number of sulfonamides is 1. The van der Waals surface area contributed by atoms with E-state index in [1.54, 1.807) is 6.92 Å². The van der Waals surface area contributed by atoms with Crippen molar-refractivity contribution >= 4 is 34.0 Å². The molecule has 1 atom stereocenters. The minimum atomic E-state index is -4.65. The molecule has 0 aliphatic carbocycles. The lowest BCUT2D eigenvalue weighted by molar-refractivity contribution is -0.137. The molecule has 1 unspecified atom stereocenters. The highest BCUT2D eigenvalue weighted by molar-refractivity contribution is 7.89. The quantitative estimate of drug-likeness (QED) is 0.890. The van der Waals surface area contributed by atoms with Crippen LogP contribution in [0.25, 0.3) is 0 Å². The third kappa shape index (κ3) is 4.46. The third-order valence-electron chi connectivity index (χ3n) is 2.88. The van der Waals surface area contributed by atoms with E-state index in [1.807, 2.05) is 0 Å². The molecule has 0 aliphatic heterocycles. The lowest BCUT2D eigenvalue weighted by atomic mass is 10.2. The molecule has 0 fully saturated rings. The Kier molecular flexibility index (Phi) is 6.96. The van der Waals surface area contributed by atoms with Crippen LogP contribution in [0, 0.1) is 0 Å². The minimum absolute atomic E-state index is 0. The van der Waals surface area contributed by atoms with Gasteiger partial charge in [-0.2, -0.15) is 17.5 Å². The zero-order chi connectivity index (χ0) is 15.7. The number of halogens is 5. The number of alkyl halides is 3. The van der Waals surface area contributed by atoms with Gasteiger partial charge in [-0.25, -0.2) is 8.42 Å². The van der Waals surface area contributed by atoms with Gasteiger partial charge < -0.3 is 5.73 Å². The van der Waals surface area contributed by atoms with Gasteiger partial charge in [0.2, 0.25) is 10.0 Å². The summed E-state index contributed by atoms with van der Waals surface area (Å²) in [5.41, 5.74) is 4.29. The van der Waals surface area contributed by atoms with Gasteiger partial charge in [-0.1, -0.05) is 11.6 Å². The topological polar surface area (TPSA) is 63.4 Å². The fourth-order valence-corrected chi connectivity index (χ4v) is 3.29. The van der Waals surface area contributed by atoms with Crippen molar-refractivity contribution in [1.82, 2.24) is 4.31 Å². The third-order valence-corrected chi connectivity index (χ3v) is 5.33. The number of likely N-dealkylation sites (N-methyl/N-ethyl adjacent to an activating group) is 1. The van der Waals surface area contributed by atoms with Crippen LogP contribution in [0.1, 0.15) is 12.5 Å². The molecule has 0 spiro atoms. The highest BCUT2D eigenvalue weighted by atomic mass is 35.5. The Bertz CT molecular complexity index is 594. The van der Waals surface area contributed by atoms with E-state index >= 15 is 0 Å². The van der Waals surface area contributed by atoms with E-state index in [0.29, 0.717) is 6.07 Å². The maximum atomic E-state index is 12.6. The number of nitrogens with two attached hydrogens (primary N) is 1. The molecule has 0 amide bonds. The minimum Gasteiger partial charge on any atom is -0.329 e. The predicted molar refractivity (Wildman–Crippen MR) is 77.2 cm³/mol. The van der Waals surface area contributed by atoms with Gasteiger partial charge in [0, 0.05) is 19.6 Å². The Morgan fingerprint density at radius 1 is 1.38 bits per heavy atom. The second-order valence-corrected chi connectivity index (χ2v) is 6.62. The largest absolute Gasteiger partial charge is 0.416 e. The first-order valence-electron chi connectivity index (χ1n) is 5.56. The summed E-state index contributed by atoms with van der Waals surface area (Å²) in [5, 5.41) is -0.269. The van der Waals surface area contributed by atoms with Gasteiger partial charge in [0.05, 0.1) is 10.6 Å². The van der Waals surface area contributed by atoms with Crippen LogP contribution in [0.3, 0.4) is 0 Å². The van der Waals surface area contributed by atoms with Crippen molar-refractivity contribution in [3.05, 3.63) is 28.8 Å². The Labute approximate surface area is 132 Å². The number of benzene rings is 1.